The molecule has 37 heavy (non-hydrogen) atoms. The highest BCUT2D eigenvalue weighted by atomic mass is 35.5. The Morgan fingerprint density at radius 3 is 2.14 bits per heavy atom. The Hall–Kier alpha value is -3.85. The molecule has 0 saturated carbocycles. The maximum atomic E-state index is 13.0. The smallest absolute Gasteiger partial charge is 0.337 e. The van der Waals surface area contributed by atoms with Gasteiger partial charge in [-0.25, -0.2) is 9.69 Å². The minimum atomic E-state index is -0.711. The van der Waals surface area contributed by atoms with E-state index in [1.807, 2.05) is 0 Å². The third-order valence-corrected chi connectivity index (χ3v) is 6.38. The summed E-state index contributed by atoms with van der Waals surface area (Å²) >= 11 is 18.2. The number of benzene rings is 3. The molecule has 1 aliphatic heterocycles. The lowest BCUT2D eigenvalue weighted by atomic mass is 10.1. The van der Waals surface area contributed by atoms with Gasteiger partial charge in [-0.15, -0.1) is 0 Å². The van der Waals surface area contributed by atoms with E-state index in [4.69, 9.17) is 34.8 Å². The van der Waals surface area contributed by atoms with Gasteiger partial charge in [-0.2, -0.15) is 0 Å². The van der Waals surface area contributed by atoms with Crippen LogP contribution in [0.4, 0.5) is 11.4 Å². The Labute approximate surface area is 226 Å². The molecule has 188 valence electrons. The monoisotopic (exact) mass is 557 g/mol. The third kappa shape index (κ3) is 5.61. The largest absolute Gasteiger partial charge is 0.465 e. The molecule has 4 rings (SSSR count). The molecule has 1 aliphatic rings. The fourth-order valence-corrected chi connectivity index (χ4v) is 4.19. The van der Waals surface area contributed by atoms with Gasteiger partial charge in [-0.3, -0.25) is 14.4 Å². The van der Waals surface area contributed by atoms with E-state index < -0.39 is 17.8 Å². The van der Waals surface area contributed by atoms with Crippen molar-refractivity contribution in [2.24, 2.45) is 0 Å². The van der Waals surface area contributed by atoms with Crippen molar-refractivity contribution in [3.05, 3.63) is 104 Å². The van der Waals surface area contributed by atoms with Crippen molar-refractivity contribution in [3.63, 3.8) is 0 Å². The molecule has 0 spiro atoms. The Balaban J connectivity index is 1.42. The predicted octanol–water partition coefficient (Wildman–Crippen LogP) is 5.15. The summed E-state index contributed by atoms with van der Waals surface area (Å²) in [5.41, 5.74) is 1.92. The van der Waals surface area contributed by atoms with Gasteiger partial charge >= 0.3 is 5.97 Å². The van der Waals surface area contributed by atoms with E-state index in [0.29, 0.717) is 26.9 Å². The topological polar surface area (TPSA) is 105 Å². The second-order valence-electron chi connectivity index (χ2n) is 7.79. The zero-order chi connectivity index (χ0) is 26.7. The molecular weight excluding hydrogens is 541 g/mol. The molecule has 0 fully saturated rings. The standard InChI is InChI=1S/C26H18Cl3N3O5/c1-37-26(36)15-5-10-19(11-6-15)32-24(34)21(29)22(25(32)35)31-18-8-3-14(4-9-18)23(33)30-13-16-2-7-17(27)12-20(16)28/h2-12,31H,13H2,1H3,(H,30,33). The van der Waals surface area contributed by atoms with Gasteiger partial charge in [0.25, 0.3) is 17.7 Å². The summed E-state index contributed by atoms with van der Waals surface area (Å²) in [6.45, 7) is 0.213. The van der Waals surface area contributed by atoms with Gasteiger partial charge < -0.3 is 15.4 Å². The number of carbonyl (C=O) groups is 4. The van der Waals surface area contributed by atoms with Gasteiger partial charge in [0.05, 0.1) is 18.4 Å². The van der Waals surface area contributed by atoms with Crippen LogP contribution in [0.1, 0.15) is 26.3 Å². The van der Waals surface area contributed by atoms with Gasteiger partial charge in [-0.05, 0) is 66.2 Å². The van der Waals surface area contributed by atoms with E-state index in [9.17, 15) is 19.2 Å². The van der Waals surface area contributed by atoms with Crippen LogP contribution in [0.15, 0.2) is 77.5 Å². The molecule has 0 bridgehead atoms. The number of halogens is 3. The lowest BCUT2D eigenvalue weighted by Crippen LogP contribution is -2.32. The highest BCUT2D eigenvalue weighted by Gasteiger charge is 2.39. The number of amides is 3. The molecule has 3 amide bonds. The van der Waals surface area contributed by atoms with Gasteiger partial charge in [-0.1, -0.05) is 40.9 Å². The van der Waals surface area contributed by atoms with Crippen molar-refractivity contribution in [3.8, 4) is 0 Å². The van der Waals surface area contributed by atoms with Gasteiger partial charge in [0.1, 0.15) is 10.7 Å². The number of hydrogen-bond donors (Lipinski definition) is 2. The number of hydrogen-bond acceptors (Lipinski definition) is 6. The summed E-state index contributed by atoms with van der Waals surface area (Å²) in [5, 5.41) is 6.28. The van der Waals surface area contributed by atoms with Gasteiger partial charge in [0.2, 0.25) is 0 Å². The summed E-state index contributed by atoms with van der Waals surface area (Å²) < 4.78 is 4.65. The summed E-state index contributed by atoms with van der Waals surface area (Å²) in [4.78, 5) is 50.7. The van der Waals surface area contributed by atoms with Crippen LogP contribution in [0.2, 0.25) is 10.0 Å². The summed E-state index contributed by atoms with van der Waals surface area (Å²) in [5.74, 6) is -2.25. The number of imide groups is 1. The predicted molar refractivity (Wildman–Crippen MR) is 141 cm³/mol. The van der Waals surface area contributed by atoms with Crippen LogP contribution in [-0.4, -0.2) is 30.8 Å². The number of ether oxygens (including phenoxy) is 1. The van der Waals surface area contributed by atoms with Gasteiger partial charge in [0.15, 0.2) is 0 Å². The van der Waals surface area contributed by atoms with Crippen molar-refractivity contribution in [2.45, 2.75) is 6.54 Å². The molecule has 2 N–H and O–H groups in total. The maximum Gasteiger partial charge on any atom is 0.337 e. The van der Waals surface area contributed by atoms with Gasteiger partial charge in [0, 0.05) is 27.8 Å². The van der Waals surface area contributed by atoms with Crippen LogP contribution in [0, 0.1) is 0 Å². The third-order valence-electron chi connectivity index (χ3n) is 5.44. The minimum absolute atomic E-state index is 0.113. The van der Waals surface area contributed by atoms with Crippen LogP contribution >= 0.6 is 34.8 Å². The Morgan fingerprint density at radius 2 is 1.51 bits per heavy atom. The maximum absolute atomic E-state index is 13.0. The molecule has 0 aliphatic carbocycles. The zero-order valence-corrected chi connectivity index (χ0v) is 21.4. The Kier molecular flexibility index (Phi) is 7.83. The number of nitrogens with one attached hydrogen (secondary N) is 2. The van der Waals surface area contributed by atoms with Crippen LogP contribution in [0.5, 0.6) is 0 Å². The molecule has 8 nitrogen and oxygen atoms in total. The first-order valence-corrected chi connectivity index (χ1v) is 11.9. The summed E-state index contributed by atoms with van der Waals surface area (Å²) in [6.07, 6.45) is 0. The number of methoxy groups -OCH3 is 1. The number of anilines is 2. The lowest BCUT2D eigenvalue weighted by molar-refractivity contribution is -0.120. The van der Waals surface area contributed by atoms with E-state index in [1.165, 1.54) is 31.4 Å². The fourth-order valence-electron chi connectivity index (χ4n) is 3.50. The summed E-state index contributed by atoms with van der Waals surface area (Å²) in [7, 11) is 1.25. The van der Waals surface area contributed by atoms with Crippen molar-refractivity contribution in [1.29, 1.82) is 0 Å². The quantitative estimate of drug-likeness (QED) is 0.307. The van der Waals surface area contributed by atoms with Crippen LogP contribution < -0.4 is 15.5 Å². The number of nitrogens with zero attached hydrogens (tertiary/aromatic N) is 1. The molecule has 0 unspecified atom stereocenters. The van der Waals surface area contributed by atoms with E-state index in [1.54, 1.807) is 42.5 Å². The molecule has 3 aromatic rings. The van der Waals surface area contributed by atoms with E-state index in [-0.39, 0.29) is 34.4 Å². The normalized spacial score (nSPS) is 13.1. The second kappa shape index (κ2) is 11.0. The lowest BCUT2D eigenvalue weighted by Gasteiger charge is -2.15. The SMILES string of the molecule is COC(=O)c1ccc(N2C(=O)C(Cl)=C(Nc3ccc(C(=O)NCc4ccc(Cl)cc4Cl)cc3)C2=O)cc1. The first kappa shape index (κ1) is 26.2. The molecule has 11 heteroatoms. The zero-order valence-electron chi connectivity index (χ0n) is 19.2. The highest BCUT2D eigenvalue weighted by molar-refractivity contribution is 6.53. The van der Waals surface area contributed by atoms with E-state index >= 15 is 0 Å². The average molecular weight is 559 g/mol. The van der Waals surface area contributed by atoms with Crippen molar-refractivity contribution in [1.82, 2.24) is 5.32 Å². The average Bonchev–Trinajstić information content (AvgIpc) is 3.11. The number of esters is 1. The van der Waals surface area contributed by atoms with Crippen molar-refractivity contribution < 1.29 is 23.9 Å². The van der Waals surface area contributed by atoms with E-state index in [0.717, 1.165) is 4.90 Å². The van der Waals surface area contributed by atoms with Crippen molar-refractivity contribution in [2.75, 3.05) is 17.3 Å². The van der Waals surface area contributed by atoms with Crippen LogP contribution in [-0.2, 0) is 20.9 Å². The van der Waals surface area contributed by atoms with Crippen LogP contribution in [0.25, 0.3) is 0 Å². The molecule has 0 saturated heterocycles. The van der Waals surface area contributed by atoms with Crippen molar-refractivity contribution >= 4 is 69.9 Å². The number of rotatable bonds is 7. The molecule has 0 radical (unpaired) electrons. The van der Waals surface area contributed by atoms with Crippen LogP contribution in [0.3, 0.4) is 0 Å². The minimum Gasteiger partial charge on any atom is -0.465 e. The molecule has 0 aromatic heterocycles. The molecular formula is C26H18Cl3N3O5. The molecule has 1 heterocycles. The second-order valence-corrected chi connectivity index (χ2v) is 9.02. The molecule has 0 atom stereocenters. The van der Waals surface area contributed by atoms with E-state index in [2.05, 4.69) is 15.4 Å². The highest BCUT2D eigenvalue weighted by Crippen LogP contribution is 2.30. The summed E-state index contributed by atoms with van der Waals surface area (Å²) in [6, 6.07) is 17.0. The first-order valence-electron chi connectivity index (χ1n) is 10.8. The number of carbonyl (C=O) groups excluding carboxylic acids is 4. The Bertz CT molecular complexity index is 1440. The molecule has 3 aromatic carbocycles. The fraction of sp³-hybridized carbons (Fsp3) is 0.0769. The Morgan fingerprint density at radius 1 is 0.865 bits per heavy atom. The first-order chi connectivity index (χ1) is 17.7.